The van der Waals surface area contributed by atoms with Crippen molar-refractivity contribution in [3.8, 4) is 0 Å². The molecule has 0 saturated carbocycles. The second kappa shape index (κ2) is 7.00. The summed E-state index contributed by atoms with van der Waals surface area (Å²) in [6.45, 7) is 5.29. The van der Waals surface area contributed by atoms with Gasteiger partial charge in [-0.05, 0) is 19.4 Å². The van der Waals surface area contributed by atoms with Crippen LogP contribution in [0.1, 0.15) is 34.4 Å². The van der Waals surface area contributed by atoms with E-state index in [1.165, 1.54) is 0 Å². The van der Waals surface area contributed by atoms with E-state index in [1.54, 1.807) is 29.8 Å². The number of rotatable bonds is 6. The van der Waals surface area contributed by atoms with Gasteiger partial charge in [0.05, 0.1) is 24.0 Å². The number of amides is 1. The Balaban J connectivity index is 2.01. The fraction of sp³-hybridized carbons (Fsp3) is 0.357. The summed E-state index contributed by atoms with van der Waals surface area (Å²) in [5.41, 5.74) is 2.36. The van der Waals surface area contributed by atoms with Crippen molar-refractivity contribution < 1.29 is 4.79 Å². The number of aromatic nitrogens is 2. The maximum Gasteiger partial charge on any atom is 0.253 e. The summed E-state index contributed by atoms with van der Waals surface area (Å²) in [6, 6.07) is 1.72. The first-order valence-electron chi connectivity index (χ1n) is 6.57. The zero-order chi connectivity index (χ0) is 14.4. The van der Waals surface area contributed by atoms with E-state index >= 15 is 0 Å². The number of aryl methyl sites for hydroxylation is 1. The number of hydrogen-bond acceptors (Lipinski definition) is 5. The molecule has 2 aromatic heterocycles. The molecule has 0 unspecified atom stereocenters. The van der Waals surface area contributed by atoms with E-state index < -0.39 is 0 Å². The molecule has 2 heterocycles. The van der Waals surface area contributed by atoms with Crippen LogP contribution in [0, 0.1) is 6.92 Å². The summed E-state index contributed by atoms with van der Waals surface area (Å²) in [5, 5.41) is 8.98. The molecule has 20 heavy (non-hydrogen) atoms. The lowest BCUT2D eigenvalue weighted by molar-refractivity contribution is 0.0951. The monoisotopic (exact) mass is 290 g/mol. The maximum atomic E-state index is 12.2. The van der Waals surface area contributed by atoms with Gasteiger partial charge in [-0.15, -0.1) is 11.3 Å². The normalized spacial score (nSPS) is 10.3. The Hall–Kier alpha value is -1.95. The van der Waals surface area contributed by atoms with Crippen molar-refractivity contribution in [2.24, 2.45) is 0 Å². The highest BCUT2D eigenvalue weighted by atomic mass is 32.1. The Morgan fingerprint density at radius 1 is 1.45 bits per heavy atom. The predicted octanol–water partition coefficient (Wildman–Crippen LogP) is 2.60. The molecular formula is C14H18N4OS. The summed E-state index contributed by atoms with van der Waals surface area (Å²) < 4.78 is 0. The van der Waals surface area contributed by atoms with Gasteiger partial charge < -0.3 is 10.6 Å². The number of hydrogen-bond donors (Lipinski definition) is 2. The van der Waals surface area contributed by atoms with Gasteiger partial charge in [-0.2, -0.15) is 0 Å². The molecule has 6 heteroatoms. The van der Waals surface area contributed by atoms with E-state index in [2.05, 4.69) is 27.5 Å². The van der Waals surface area contributed by atoms with E-state index in [9.17, 15) is 4.79 Å². The Morgan fingerprint density at radius 2 is 2.30 bits per heavy atom. The number of nitrogens with zero attached hydrogens (tertiary/aromatic N) is 2. The van der Waals surface area contributed by atoms with Crippen molar-refractivity contribution in [2.75, 3.05) is 11.9 Å². The van der Waals surface area contributed by atoms with Crippen LogP contribution >= 0.6 is 11.3 Å². The van der Waals surface area contributed by atoms with Crippen LogP contribution in [0.4, 0.5) is 5.69 Å². The van der Waals surface area contributed by atoms with E-state index in [0.717, 1.165) is 29.4 Å². The van der Waals surface area contributed by atoms with Gasteiger partial charge in [-0.3, -0.25) is 9.78 Å². The minimum Gasteiger partial charge on any atom is -0.383 e. The standard InChI is InChI=1S/C14H18N4OS/c1-3-5-16-12-7-15-6-4-11(12)14(19)17-8-13-18-10(2)9-20-13/h4,6-7,9,16H,3,5,8H2,1-2H3,(H,17,19). The molecule has 0 radical (unpaired) electrons. The number of thiazole rings is 1. The first-order valence-corrected chi connectivity index (χ1v) is 7.45. The molecule has 0 fully saturated rings. The molecule has 0 atom stereocenters. The molecule has 0 aromatic carbocycles. The van der Waals surface area contributed by atoms with Crippen LogP contribution in [-0.2, 0) is 6.54 Å². The molecule has 2 N–H and O–H groups in total. The van der Waals surface area contributed by atoms with Crippen LogP contribution in [0.3, 0.4) is 0 Å². The Bertz CT molecular complexity index is 582. The van der Waals surface area contributed by atoms with Crippen molar-refractivity contribution in [1.29, 1.82) is 0 Å². The zero-order valence-corrected chi connectivity index (χ0v) is 12.5. The second-order valence-corrected chi connectivity index (χ2v) is 5.36. The summed E-state index contributed by atoms with van der Waals surface area (Å²) in [7, 11) is 0. The minimum absolute atomic E-state index is 0.112. The zero-order valence-electron chi connectivity index (χ0n) is 11.6. The lowest BCUT2D eigenvalue weighted by Crippen LogP contribution is -2.24. The molecule has 0 bridgehead atoms. The lowest BCUT2D eigenvalue weighted by Gasteiger charge is -2.10. The largest absolute Gasteiger partial charge is 0.383 e. The molecule has 0 spiro atoms. The Kier molecular flexibility index (Phi) is 5.06. The van der Waals surface area contributed by atoms with Gasteiger partial charge in [-0.1, -0.05) is 6.92 Å². The number of anilines is 1. The Morgan fingerprint density at radius 3 is 3.00 bits per heavy atom. The Labute approximate surface area is 122 Å². The third-order valence-electron chi connectivity index (χ3n) is 2.70. The van der Waals surface area contributed by atoms with Gasteiger partial charge in [0.25, 0.3) is 5.91 Å². The number of pyridine rings is 1. The molecule has 2 aromatic rings. The second-order valence-electron chi connectivity index (χ2n) is 4.41. The minimum atomic E-state index is -0.112. The molecule has 0 saturated heterocycles. The molecule has 5 nitrogen and oxygen atoms in total. The third kappa shape index (κ3) is 3.77. The van der Waals surface area contributed by atoms with Crippen molar-refractivity contribution in [1.82, 2.24) is 15.3 Å². The molecule has 0 aliphatic carbocycles. The van der Waals surface area contributed by atoms with Crippen LogP contribution in [0.25, 0.3) is 0 Å². The van der Waals surface area contributed by atoms with Gasteiger partial charge in [0.15, 0.2) is 0 Å². The average molecular weight is 290 g/mol. The number of carbonyl (C=O) groups excluding carboxylic acids is 1. The smallest absolute Gasteiger partial charge is 0.253 e. The maximum absolute atomic E-state index is 12.2. The van der Waals surface area contributed by atoms with E-state index in [0.29, 0.717) is 12.1 Å². The van der Waals surface area contributed by atoms with Gasteiger partial charge in [-0.25, -0.2) is 4.98 Å². The number of carbonyl (C=O) groups is 1. The first kappa shape index (κ1) is 14.5. The quantitative estimate of drug-likeness (QED) is 0.858. The van der Waals surface area contributed by atoms with Crippen molar-refractivity contribution >= 4 is 22.9 Å². The highest BCUT2D eigenvalue weighted by Crippen LogP contribution is 2.14. The van der Waals surface area contributed by atoms with Crippen LogP contribution in [0.15, 0.2) is 23.8 Å². The number of nitrogens with one attached hydrogen (secondary N) is 2. The first-order chi connectivity index (χ1) is 9.70. The third-order valence-corrected chi connectivity index (χ3v) is 3.66. The van der Waals surface area contributed by atoms with E-state index in [4.69, 9.17) is 0 Å². The van der Waals surface area contributed by atoms with Crippen molar-refractivity contribution in [2.45, 2.75) is 26.8 Å². The summed E-state index contributed by atoms with van der Waals surface area (Å²) >= 11 is 1.55. The van der Waals surface area contributed by atoms with Crippen LogP contribution in [-0.4, -0.2) is 22.4 Å². The molecule has 0 aliphatic rings. The lowest BCUT2D eigenvalue weighted by atomic mass is 10.2. The molecular weight excluding hydrogens is 272 g/mol. The van der Waals surface area contributed by atoms with Crippen molar-refractivity contribution in [3.63, 3.8) is 0 Å². The van der Waals surface area contributed by atoms with Gasteiger partial charge >= 0.3 is 0 Å². The summed E-state index contributed by atoms with van der Waals surface area (Å²) in [5.74, 6) is -0.112. The summed E-state index contributed by atoms with van der Waals surface area (Å²) in [6.07, 6.45) is 4.30. The van der Waals surface area contributed by atoms with Gasteiger partial charge in [0, 0.05) is 23.8 Å². The SMILES string of the molecule is CCCNc1cnccc1C(=O)NCc1nc(C)cs1. The van der Waals surface area contributed by atoms with Crippen molar-refractivity contribution in [3.05, 3.63) is 40.1 Å². The highest BCUT2D eigenvalue weighted by molar-refractivity contribution is 7.09. The highest BCUT2D eigenvalue weighted by Gasteiger charge is 2.11. The van der Waals surface area contributed by atoms with E-state index in [-0.39, 0.29) is 5.91 Å². The molecule has 0 aliphatic heterocycles. The fourth-order valence-corrected chi connectivity index (χ4v) is 2.44. The van der Waals surface area contributed by atoms with Gasteiger partial charge in [0.1, 0.15) is 5.01 Å². The molecule has 106 valence electrons. The average Bonchev–Trinajstić information content (AvgIpc) is 2.88. The van der Waals surface area contributed by atoms with Crippen LogP contribution in [0.5, 0.6) is 0 Å². The summed E-state index contributed by atoms with van der Waals surface area (Å²) in [4.78, 5) is 20.6. The van der Waals surface area contributed by atoms with E-state index in [1.807, 2.05) is 12.3 Å². The van der Waals surface area contributed by atoms with Crippen LogP contribution < -0.4 is 10.6 Å². The molecule has 1 amide bonds. The van der Waals surface area contributed by atoms with Crippen LogP contribution in [0.2, 0.25) is 0 Å². The fourth-order valence-electron chi connectivity index (χ4n) is 1.73. The van der Waals surface area contributed by atoms with Gasteiger partial charge in [0.2, 0.25) is 0 Å². The molecule has 2 rings (SSSR count). The predicted molar refractivity (Wildman–Crippen MR) is 81.0 cm³/mol. The topological polar surface area (TPSA) is 66.9 Å².